The van der Waals surface area contributed by atoms with Gasteiger partial charge in [0.15, 0.2) is 5.82 Å². The quantitative estimate of drug-likeness (QED) is 0.208. The highest BCUT2D eigenvalue weighted by molar-refractivity contribution is 7.90. The number of carbonyl (C=O) groups is 1. The first kappa shape index (κ1) is 28.2. The van der Waals surface area contributed by atoms with E-state index in [1.165, 1.54) is 12.1 Å². The molecular weight excluding hydrogens is 569 g/mol. The van der Waals surface area contributed by atoms with Crippen molar-refractivity contribution in [1.82, 2.24) is 30.1 Å². The Balaban J connectivity index is 1.38. The number of hydrogen-bond donors (Lipinski definition) is 3. The van der Waals surface area contributed by atoms with Gasteiger partial charge in [0.05, 0.1) is 34.4 Å². The summed E-state index contributed by atoms with van der Waals surface area (Å²) in [4.78, 5) is 29.1. The van der Waals surface area contributed by atoms with Gasteiger partial charge in [-0.2, -0.15) is 5.10 Å². The molecule has 1 amide bonds. The van der Waals surface area contributed by atoms with Gasteiger partial charge in [-0.3, -0.25) is 19.9 Å². The van der Waals surface area contributed by atoms with Crippen molar-refractivity contribution in [2.75, 3.05) is 17.3 Å². The number of nitrogens with zero attached hydrogens (tertiary/aromatic N) is 4. The van der Waals surface area contributed by atoms with E-state index in [0.29, 0.717) is 45.1 Å². The van der Waals surface area contributed by atoms with Crippen molar-refractivity contribution in [3.63, 3.8) is 0 Å². The molecule has 0 unspecified atom stereocenters. The molecule has 0 spiro atoms. The number of aromatic amines is 2. The highest BCUT2D eigenvalue weighted by atomic mass is 32.2. The molecule has 12 heteroatoms. The van der Waals surface area contributed by atoms with Crippen LogP contribution in [0.3, 0.4) is 0 Å². The van der Waals surface area contributed by atoms with Gasteiger partial charge in [-0.05, 0) is 60.0 Å². The van der Waals surface area contributed by atoms with E-state index < -0.39 is 15.7 Å². The van der Waals surface area contributed by atoms with Crippen LogP contribution < -0.4 is 5.32 Å². The lowest BCUT2D eigenvalue weighted by Gasteiger charge is -2.09. The maximum absolute atomic E-state index is 14.6. The second kappa shape index (κ2) is 11.0. The van der Waals surface area contributed by atoms with E-state index in [0.717, 1.165) is 28.3 Å². The molecular formula is C31H28FN7O3S. The largest absolute Gasteiger partial charge is 0.336 e. The Labute approximate surface area is 246 Å². The number of sulfone groups is 1. The standard InChI is InChI=1S/C31H28FN7O3S/c1-17(2)31(40)35-23-13-21(15-33-16-23)19-4-5-25-24(14-19)28(39-38-25)30-36-26-6-8-34-27(29(26)37-30)20-10-18(11-22(32)12-20)7-9-43(3,41)42/h4-6,8,10-17H,7,9H2,1-3H3,(H,35,40)(H,36,37)(H,38,39). The van der Waals surface area contributed by atoms with Crippen LogP contribution in [-0.4, -0.2) is 56.5 Å². The minimum atomic E-state index is -3.20. The number of halogens is 1. The van der Waals surface area contributed by atoms with Crippen LogP contribution in [0, 0.1) is 11.7 Å². The Kier molecular flexibility index (Phi) is 7.22. The fourth-order valence-corrected chi connectivity index (χ4v) is 5.43. The molecule has 0 bridgehead atoms. The first-order valence-electron chi connectivity index (χ1n) is 13.6. The molecule has 6 rings (SSSR count). The van der Waals surface area contributed by atoms with E-state index in [4.69, 9.17) is 4.98 Å². The predicted molar refractivity (Wildman–Crippen MR) is 164 cm³/mol. The fraction of sp³-hybridized carbons (Fsp3) is 0.194. The molecule has 10 nitrogen and oxygen atoms in total. The first-order valence-corrected chi connectivity index (χ1v) is 15.7. The number of amides is 1. The number of anilines is 1. The number of imidazole rings is 1. The maximum Gasteiger partial charge on any atom is 0.226 e. The van der Waals surface area contributed by atoms with Crippen LogP contribution in [0.1, 0.15) is 19.4 Å². The van der Waals surface area contributed by atoms with Crippen LogP contribution in [0.5, 0.6) is 0 Å². The van der Waals surface area contributed by atoms with Crippen molar-refractivity contribution < 1.29 is 17.6 Å². The van der Waals surface area contributed by atoms with Crippen molar-refractivity contribution in [2.24, 2.45) is 5.92 Å². The molecule has 4 aromatic heterocycles. The van der Waals surface area contributed by atoms with Crippen molar-refractivity contribution in [1.29, 1.82) is 0 Å². The zero-order chi connectivity index (χ0) is 30.3. The van der Waals surface area contributed by atoms with Gasteiger partial charge in [-0.25, -0.2) is 17.8 Å². The van der Waals surface area contributed by atoms with Crippen LogP contribution >= 0.6 is 0 Å². The number of pyridine rings is 2. The lowest BCUT2D eigenvalue weighted by molar-refractivity contribution is -0.118. The van der Waals surface area contributed by atoms with Gasteiger partial charge in [0.2, 0.25) is 5.91 Å². The summed E-state index contributed by atoms with van der Waals surface area (Å²) in [5.41, 5.74) is 6.44. The zero-order valence-electron chi connectivity index (χ0n) is 23.6. The summed E-state index contributed by atoms with van der Waals surface area (Å²) in [7, 11) is -3.20. The van der Waals surface area contributed by atoms with E-state index in [-0.39, 0.29) is 24.0 Å². The second-order valence-corrected chi connectivity index (χ2v) is 13.1. The van der Waals surface area contributed by atoms with Gasteiger partial charge in [0.1, 0.15) is 26.9 Å². The zero-order valence-corrected chi connectivity index (χ0v) is 24.5. The summed E-state index contributed by atoms with van der Waals surface area (Å²) in [6.45, 7) is 3.66. The minimum absolute atomic E-state index is 0.0821. The van der Waals surface area contributed by atoms with Gasteiger partial charge in [-0.1, -0.05) is 19.9 Å². The summed E-state index contributed by atoms with van der Waals surface area (Å²) in [6, 6.07) is 13.9. The molecule has 6 aromatic rings. The SMILES string of the molecule is CC(C)C(=O)Nc1cncc(-c2ccc3[nH]nc(-c4nc5c(-c6cc(F)cc(CCS(C)(=O)=O)c6)nccc5[nH]4)c3c2)c1. The normalized spacial score (nSPS) is 11.9. The van der Waals surface area contributed by atoms with Gasteiger partial charge >= 0.3 is 0 Å². The van der Waals surface area contributed by atoms with Gasteiger partial charge in [0, 0.05) is 41.1 Å². The Hall–Kier alpha value is -4.97. The number of fused-ring (bicyclic) bond motifs is 2. The number of aryl methyl sites for hydroxylation is 1. The van der Waals surface area contributed by atoms with Gasteiger partial charge in [-0.15, -0.1) is 0 Å². The smallest absolute Gasteiger partial charge is 0.226 e. The molecule has 218 valence electrons. The van der Waals surface area contributed by atoms with Gasteiger partial charge < -0.3 is 10.3 Å². The van der Waals surface area contributed by atoms with Crippen molar-refractivity contribution in [2.45, 2.75) is 20.3 Å². The van der Waals surface area contributed by atoms with Crippen molar-refractivity contribution in [3.8, 4) is 33.9 Å². The van der Waals surface area contributed by atoms with Crippen molar-refractivity contribution >= 4 is 43.4 Å². The Morgan fingerprint density at radius 3 is 2.60 bits per heavy atom. The highest BCUT2D eigenvalue weighted by Crippen LogP contribution is 2.33. The van der Waals surface area contributed by atoms with E-state index >= 15 is 0 Å². The number of H-pyrrole nitrogens is 2. The number of hydrogen-bond acceptors (Lipinski definition) is 7. The number of benzene rings is 2. The molecule has 4 heterocycles. The van der Waals surface area contributed by atoms with E-state index in [2.05, 4.69) is 30.5 Å². The molecule has 0 aliphatic rings. The molecule has 2 aromatic carbocycles. The van der Waals surface area contributed by atoms with Crippen LogP contribution in [0.4, 0.5) is 10.1 Å². The van der Waals surface area contributed by atoms with Crippen molar-refractivity contribution in [3.05, 3.63) is 78.5 Å². The Morgan fingerprint density at radius 1 is 0.977 bits per heavy atom. The molecule has 0 fully saturated rings. The summed E-state index contributed by atoms with van der Waals surface area (Å²) in [6.07, 6.45) is 6.30. The number of carbonyl (C=O) groups excluding carboxylic acids is 1. The summed E-state index contributed by atoms with van der Waals surface area (Å²) in [5.74, 6) is -0.313. The third kappa shape index (κ3) is 6.00. The van der Waals surface area contributed by atoms with Crippen LogP contribution in [0.25, 0.3) is 55.8 Å². The Bertz CT molecular complexity index is 2120. The first-order chi connectivity index (χ1) is 20.5. The van der Waals surface area contributed by atoms with E-state index in [1.54, 1.807) is 30.7 Å². The van der Waals surface area contributed by atoms with Gasteiger partial charge in [0.25, 0.3) is 0 Å². The number of nitrogens with one attached hydrogen (secondary N) is 3. The number of rotatable bonds is 8. The average Bonchev–Trinajstić information content (AvgIpc) is 3.59. The monoisotopic (exact) mass is 597 g/mol. The highest BCUT2D eigenvalue weighted by Gasteiger charge is 2.18. The summed E-state index contributed by atoms with van der Waals surface area (Å²) < 4.78 is 37.9. The summed E-state index contributed by atoms with van der Waals surface area (Å²) in [5, 5.41) is 11.3. The topological polar surface area (TPSA) is 146 Å². The van der Waals surface area contributed by atoms with E-state index in [9.17, 15) is 17.6 Å². The molecule has 0 saturated carbocycles. The maximum atomic E-state index is 14.6. The van der Waals surface area contributed by atoms with Crippen LogP contribution in [0.2, 0.25) is 0 Å². The lowest BCUT2D eigenvalue weighted by atomic mass is 10.0. The lowest BCUT2D eigenvalue weighted by Crippen LogP contribution is -2.17. The van der Waals surface area contributed by atoms with E-state index in [1.807, 2.05) is 38.1 Å². The molecule has 0 aliphatic carbocycles. The summed E-state index contributed by atoms with van der Waals surface area (Å²) >= 11 is 0. The molecule has 0 aliphatic heterocycles. The molecule has 3 N–H and O–H groups in total. The van der Waals surface area contributed by atoms with Crippen LogP contribution in [-0.2, 0) is 21.1 Å². The Morgan fingerprint density at radius 2 is 1.81 bits per heavy atom. The second-order valence-electron chi connectivity index (χ2n) is 10.8. The molecule has 0 radical (unpaired) electrons. The third-order valence-electron chi connectivity index (χ3n) is 7.04. The third-order valence-corrected chi connectivity index (χ3v) is 7.99. The molecule has 43 heavy (non-hydrogen) atoms. The molecule has 0 saturated heterocycles. The number of aromatic nitrogens is 6. The minimum Gasteiger partial charge on any atom is -0.336 e. The van der Waals surface area contributed by atoms with Crippen LogP contribution in [0.15, 0.2) is 67.1 Å². The average molecular weight is 598 g/mol. The predicted octanol–water partition coefficient (Wildman–Crippen LogP) is 5.55. The fourth-order valence-electron chi connectivity index (χ4n) is 4.82. The molecule has 0 atom stereocenters.